The molecule has 4 nitrogen and oxygen atoms in total. The molecule has 152 valence electrons. The molecule has 0 unspecified atom stereocenters. The van der Waals surface area contributed by atoms with Gasteiger partial charge in [0.2, 0.25) is 0 Å². The average molecular weight is 600 g/mol. The zero-order chi connectivity index (χ0) is 20.7. The third-order valence-electron chi connectivity index (χ3n) is 4.13. The fourth-order valence-corrected chi connectivity index (χ4v) is 2.92. The van der Waals surface area contributed by atoms with Crippen molar-refractivity contribution in [2.24, 2.45) is 5.92 Å². The van der Waals surface area contributed by atoms with Crippen molar-refractivity contribution in [1.29, 1.82) is 0 Å². The normalized spacial score (nSPS) is 13.0. The van der Waals surface area contributed by atoms with Gasteiger partial charge in [-0.1, -0.05) is 58.1 Å². The van der Waals surface area contributed by atoms with Gasteiger partial charge < -0.3 is 20.4 Å². The predicted molar refractivity (Wildman–Crippen MR) is 129 cm³/mol. The van der Waals surface area contributed by atoms with Gasteiger partial charge in [0.15, 0.2) is 0 Å². The van der Waals surface area contributed by atoms with Gasteiger partial charge in [0.1, 0.15) is 23.0 Å². The molecule has 4 N–H and O–H groups in total. The maximum Gasteiger partial charge on any atom is 0.122 e. The van der Waals surface area contributed by atoms with Crippen LogP contribution in [-0.2, 0) is 6.42 Å². The Kier molecular flexibility index (Phi) is 15.6. The standard InChI is InChI=1S/C13H18O2.C6H6O2.C2H6.I2/c14-12-7-6-11(13(15)9-12)8-10-4-2-1-3-5-10;7-5-2-1-3-6(8)4-5;2*1-2/h6-7,9-10,14-15H,1-5,8H2;1-4,7-8H;1-2H3;. The van der Waals surface area contributed by atoms with Crippen LogP contribution in [0.3, 0.4) is 0 Å². The van der Waals surface area contributed by atoms with E-state index in [-0.39, 0.29) is 23.0 Å². The maximum atomic E-state index is 9.66. The number of hydrogen-bond acceptors (Lipinski definition) is 4. The monoisotopic (exact) mass is 600 g/mol. The summed E-state index contributed by atoms with van der Waals surface area (Å²) in [6, 6.07) is 10.8. The van der Waals surface area contributed by atoms with Crippen LogP contribution in [0.15, 0.2) is 42.5 Å². The fraction of sp³-hybridized carbons (Fsp3) is 0.429. The van der Waals surface area contributed by atoms with Crippen LogP contribution < -0.4 is 0 Å². The Morgan fingerprint density at radius 1 is 0.778 bits per heavy atom. The summed E-state index contributed by atoms with van der Waals surface area (Å²) < 4.78 is 0. The second-order valence-electron chi connectivity index (χ2n) is 6.04. The van der Waals surface area contributed by atoms with Gasteiger partial charge in [-0.15, -0.1) is 0 Å². The average Bonchev–Trinajstić information content (AvgIpc) is 2.68. The highest BCUT2D eigenvalue weighted by Gasteiger charge is 2.15. The van der Waals surface area contributed by atoms with E-state index >= 15 is 0 Å². The number of benzene rings is 2. The van der Waals surface area contributed by atoms with E-state index in [4.69, 9.17) is 10.2 Å². The van der Waals surface area contributed by atoms with Crippen molar-refractivity contribution in [1.82, 2.24) is 0 Å². The zero-order valence-corrected chi connectivity index (χ0v) is 20.2. The Balaban J connectivity index is 0.000000477. The molecular formula is C21H30I2O4. The summed E-state index contributed by atoms with van der Waals surface area (Å²) in [6.45, 7) is 4.00. The minimum absolute atomic E-state index is 0.0880. The van der Waals surface area contributed by atoms with Gasteiger partial charge in [-0.3, -0.25) is 0 Å². The molecule has 2 aromatic rings. The first-order valence-electron chi connectivity index (χ1n) is 9.17. The highest BCUT2D eigenvalue weighted by molar-refractivity contribution is 15.0. The van der Waals surface area contributed by atoms with Crippen LogP contribution in [0.2, 0.25) is 0 Å². The number of rotatable bonds is 2. The topological polar surface area (TPSA) is 80.9 Å². The molecule has 0 atom stereocenters. The van der Waals surface area contributed by atoms with Gasteiger partial charge in [-0.2, -0.15) is 0 Å². The lowest BCUT2D eigenvalue weighted by molar-refractivity contribution is 0.351. The maximum absolute atomic E-state index is 9.66. The minimum Gasteiger partial charge on any atom is -0.508 e. The second-order valence-corrected chi connectivity index (χ2v) is 6.04. The molecular weight excluding hydrogens is 570 g/mol. The molecule has 0 radical (unpaired) electrons. The van der Waals surface area contributed by atoms with Crippen molar-refractivity contribution in [2.75, 3.05) is 0 Å². The highest BCUT2D eigenvalue weighted by atomic mass is 128. The molecule has 1 aliphatic carbocycles. The smallest absolute Gasteiger partial charge is 0.122 e. The van der Waals surface area contributed by atoms with E-state index in [2.05, 4.69) is 37.2 Å². The van der Waals surface area contributed by atoms with Crippen LogP contribution in [-0.4, -0.2) is 20.4 Å². The molecule has 6 heteroatoms. The van der Waals surface area contributed by atoms with Crippen LogP contribution in [0.25, 0.3) is 0 Å². The lowest BCUT2D eigenvalue weighted by Crippen LogP contribution is -2.09. The van der Waals surface area contributed by atoms with E-state index in [1.54, 1.807) is 12.1 Å². The Bertz CT molecular complexity index is 612. The molecule has 0 aromatic heterocycles. The first-order valence-corrected chi connectivity index (χ1v) is 15.5. The van der Waals surface area contributed by atoms with Gasteiger partial charge in [0.25, 0.3) is 0 Å². The minimum atomic E-state index is 0.0880. The van der Waals surface area contributed by atoms with Gasteiger partial charge in [-0.25, -0.2) is 0 Å². The van der Waals surface area contributed by atoms with Crippen LogP contribution in [0.1, 0.15) is 51.5 Å². The molecule has 0 heterocycles. The molecule has 0 amide bonds. The lowest BCUT2D eigenvalue weighted by atomic mass is 9.85. The first kappa shape index (κ1) is 26.1. The van der Waals surface area contributed by atoms with Gasteiger partial charge in [-0.05, 0) is 36.1 Å². The summed E-state index contributed by atoms with van der Waals surface area (Å²) in [5.74, 6) is 1.27. The molecule has 2 aromatic carbocycles. The second kappa shape index (κ2) is 16.1. The van der Waals surface area contributed by atoms with Crippen LogP contribution >= 0.6 is 37.2 Å². The summed E-state index contributed by atoms with van der Waals surface area (Å²) >= 11 is 4.24. The molecule has 27 heavy (non-hydrogen) atoms. The highest BCUT2D eigenvalue weighted by Crippen LogP contribution is 2.31. The van der Waals surface area contributed by atoms with E-state index in [1.807, 2.05) is 19.9 Å². The van der Waals surface area contributed by atoms with Crippen molar-refractivity contribution in [3.8, 4) is 23.0 Å². The predicted octanol–water partition coefficient (Wildman–Crippen LogP) is 7.12. The number of hydrogen-bond donors (Lipinski definition) is 4. The summed E-state index contributed by atoms with van der Waals surface area (Å²) in [7, 11) is 0. The lowest BCUT2D eigenvalue weighted by Gasteiger charge is -2.21. The van der Waals surface area contributed by atoms with Crippen molar-refractivity contribution >= 4 is 37.2 Å². The number of phenolic OH excluding ortho intramolecular Hbond substituents is 4. The molecule has 3 rings (SSSR count). The summed E-state index contributed by atoms with van der Waals surface area (Å²) in [5, 5.41) is 36.2. The van der Waals surface area contributed by atoms with Crippen molar-refractivity contribution in [3.63, 3.8) is 0 Å². The third-order valence-corrected chi connectivity index (χ3v) is 4.13. The van der Waals surface area contributed by atoms with E-state index in [0.29, 0.717) is 5.92 Å². The van der Waals surface area contributed by atoms with Crippen molar-refractivity contribution < 1.29 is 20.4 Å². The molecule has 1 aliphatic rings. The molecule has 0 bridgehead atoms. The molecule has 0 saturated heterocycles. The van der Waals surface area contributed by atoms with E-state index in [9.17, 15) is 10.2 Å². The zero-order valence-electron chi connectivity index (χ0n) is 15.9. The first-order chi connectivity index (χ1) is 13.0. The third kappa shape index (κ3) is 11.5. The summed E-state index contributed by atoms with van der Waals surface area (Å²) in [6.07, 6.45) is 7.51. The van der Waals surface area contributed by atoms with E-state index in [1.165, 1.54) is 56.4 Å². The Labute approximate surface area is 186 Å². The molecule has 0 aliphatic heterocycles. The summed E-state index contributed by atoms with van der Waals surface area (Å²) in [4.78, 5) is 0. The van der Waals surface area contributed by atoms with Crippen LogP contribution in [0, 0.1) is 5.92 Å². The quantitative estimate of drug-likeness (QED) is 0.277. The van der Waals surface area contributed by atoms with Gasteiger partial charge >= 0.3 is 0 Å². The number of phenols is 4. The SMILES string of the molecule is CC.II.Oc1ccc(CC2CCCCC2)c(O)c1.Oc1cccc(O)c1. The molecule has 1 fully saturated rings. The van der Waals surface area contributed by atoms with E-state index < -0.39 is 0 Å². The number of halogens is 2. The van der Waals surface area contributed by atoms with Crippen molar-refractivity contribution in [3.05, 3.63) is 48.0 Å². The summed E-state index contributed by atoms with van der Waals surface area (Å²) in [5.41, 5.74) is 0.972. The Morgan fingerprint density at radius 2 is 1.30 bits per heavy atom. The molecule has 0 spiro atoms. The van der Waals surface area contributed by atoms with Crippen LogP contribution in [0.4, 0.5) is 0 Å². The Hall–Kier alpha value is -0.900. The Morgan fingerprint density at radius 3 is 1.74 bits per heavy atom. The van der Waals surface area contributed by atoms with E-state index in [0.717, 1.165) is 12.0 Å². The van der Waals surface area contributed by atoms with Gasteiger partial charge in [0.05, 0.1) is 0 Å². The fourth-order valence-electron chi connectivity index (χ4n) is 2.92. The number of aromatic hydroxyl groups is 4. The van der Waals surface area contributed by atoms with Crippen LogP contribution in [0.5, 0.6) is 23.0 Å². The largest absolute Gasteiger partial charge is 0.508 e. The molecule has 1 saturated carbocycles. The van der Waals surface area contributed by atoms with Gasteiger partial charge in [0, 0.05) is 49.4 Å². The van der Waals surface area contributed by atoms with Crippen molar-refractivity contribution in [2.45, 2.75) is 52.4 Å².